The summed E-state index contributed by atoms with van der Waals surface area (Å²) in [7, 11) is 4.84. The number of piperazine rings is 1. The molecule has 2 aliphatic heterocycles. The second kappa shape index (κ2) is 11.7. The van der Waals surface area contributed by atoms with Crippen molar-refractivity contribution in [1.29, 1.82) is 0 Å². The molecule has 2 heterocycles. The Bertz CT molecular complexity index is 1360. The molecule has 5 rings (SSSR count). The summed E-state index contributed by atoms with van der Waals surface area (Å²) < 4.78 is 30.9. The van der Waals surface area contributed by atoms with Gasteiger partial charge in [-0.3, -0.25) is 9.69 Å². The third-order valence-electron chi connectivity index (χ3n) is 7.31. The Morgan fingerprint density at radius 3 is 2.33 bits per heavy atom. The van der Waals surface area contributed by atoms with Crippen LogP contribution in [0.2, 0.25) is 0 Å². The van der Waals surface area contributed by atoms with Crippen molar-refractivity contribution >= 4 is 17.3 Å². The van der Waals surface area contributed by atoms with Gasteiger partial charge in [-0.1, -0.05) is 30.3 Å². The molecule has 0 aromatic heterocycles. The van der Waals surface area contributed by atoms with Gasteiger partial charge in [-0.15, -0.1) is 0 Å². The third-order valence-corrected chi connectivity index (χ3v) is 7.31. The van der Waals surface area contributed by atoms with Crippen molar-refractivity contribution in [3.8, 4) is 17.2 Å². The van der Waals surface area contributed by atoms with Crippen LogP contribution < -0.4 is 19.1 Å². The number of carbonyl (C=O) groups excluding carboxylic acids is 1. The number of nitrogens with zero attached hydrogens (tertiary/aromatic N) is 4. The second-order valence-corrected chi connectivity index (χ2v) is 9.53. The molecule has 1 saturated heterocycles. The number of hydrazone groups is 1. The Morgan fingerprint density at radius 2 is 1.62 bits per heavy atom. The minimum atomic E-state index is -0.324. The first kappa shape index (κ1) is 26.5. The Morgan fingerprint density at radius 1 is 0.897 bits per heavy atom. The SMILES string of the molecule is COc1ccc(C2=NN(C(=O)CN3CCN(c4ccccc4F)CC3)C(c3ccccc3OC)C2)c(OC)c1. The van der Waals surface area contributed by atoms with Crippen molar-refractivity contribution in [2.45, 2.75) is 12.5 Å². The van der Waals surface area contributed by atoms with Gasteiger partial charge in [0.05, 0.1) is 45.3 Å². The second-order valence-electron chi connectivity index (χ2n) is 9.53. The third kappa shape index (κ3) is 5.54. The minimum absolute atomic E-state index is 0.104. The first-order chi connectivity index (χ1) is 19.0. The topological polar surface area (TPSA) is 66.8 Å². The summed E-state index contributed by atoms with van der Waals surface area (Å²) in [6.45, 7) is 2.79. The molecule has 204 valence electrons. The number of hydrogen-bond acceptors (Lipinski definition) is 7. The molecule has 3 aromatic carbocycles. The van der Waals surface area contributed by atoms with Gasteiger partial charge in [0, 0.05) is 49.8 Å². The van der Waals surface area contributed by atoms with E-state index < -0.39 is 0 Å². The number of ether oxygens (including phenoxy) is 3. The summed E-state index contributed by atoms with van der Waals surface area (Å²) in [5, 5.41) is 6.42. The van der Waals surface area contributed by atoms with Crippen LogP contribution in [0, 0.1) is 5.82 Å². The molecule has 3 aromatic rings. The summed E-state index contributed by atoms with van der Waals surface area (Å²) in [5.41, 5.74) is 3.06. The van der Waals surface area contributed by atoms with Gasteiger partial charge in [-0.05, 0) is 30.3 Å². The van der Waals surface area contributed by atoms with Crippen LogP contribution in [0.15, 0.2) is 71.8 Å². The molecule has 1 unspecified atom stereocenters. The Labute approximate surface area is 228 Å². The molecule has 0 radical (unpaired) electrons. The van der Waals surface area contributed by atoms with Crippen LogP contribution in [0.4, 0.5) is 10.1 Å². The normalized spacial score (nSPS) is 17.6. The molecular formula is C30H33FN4O4. The van der Waals surface area contributed by atoms with Gasteiger partial charge in [0.2, 0.25) is 0 Å². The van der Waals surface area contributed by atoms with Crippen LogP contribution in [0.5, 0.6) is 17.2 Å². The van der Waals surface area contributed by atoms with Gasteiger partial charge in [-0.2, -0.15) is 5.10 Å². The molecule has 0 spiro atoms. The van der Waals surface area contributed by atoms with Crippen molar-refractivity contribution in [1.82, 2.24) is 9.91 Å². The maximum absolute atomic E-state index is 14.3. The zero-order valence-electron chi connectivity index (χ0n) is 22.5. The number of anilines is 1. The van der Waals surface area contributed by atoms with E-state index in [1.165, 1.54) is 6.07 Å². The Hall–Kier alpha value is -4.11. The zero-order chi connectivity index (χ0) is 27.4. The Kier molecular flexibility index (Phi) is 7.97. The number of rotatable bonds is 8. The predicted octanol–water partition coefficient (Wildman–Crippen LogP) is 4.35. The van der Waals surface area contributed by atoms with Crippen molar-refractivity contribution < 1.29 is 23.4 Å². The maximum Gasteiger partial charge on any atom is 0.257 e. The van der Waals surface area contributed by atoms with Gasteiger partial charge >= 0.3 is 0 Å². The van der Waals surface area contributed by atoms with E-state index in [1.54, 1.807) is 38.5 Å². The van der Waals surface area contributed by atoms with Crippen LogP contribution in [0.25, 0.3) is 0 Å². The van der Waals surface area contributed by atoms with Crippen LogP contribution in [-0.2, 0) is 4.79 Å². The van der Waals surface area contributed by atoms with Crippen LogP contribution in [0.3, 0.4) is 0 Å². The number of para-hydroxylation sites is 2. The highest BCUT2D eigenvalue weighted by Gasteiger charge is 2.36. The number of methoxy groups -OCH3 is 3. The average Bonchev–Trinajstić information content (AvgIpc) is 3.43. The number of benzene rings is 3. The van der Waals surface area contributed by atoms with E-state index in [9.17, 15) is 9.18 Å². The number of amides is 1. The van der Waals surface area contributed by atoms with Gasteiger partial charge in [0.1, 0.15) is 23.1 Å². The fraction of sp³-hybridized carbons (Fsp3) is 0.333. The Balaban J connectivity index is 1.37. The van der Waals surface area contributed by atoms with Gasteiger partial charge in [0.25, 0.3) is 5.91 Å². The lowest BCUT2D eigenvalue weighted by Gasteiger charge is -2.36. The lowest BCUT2D eigenvalue weighted by atomic mass is 9.97. The molecule has 0 bridgehead atoms. The molecule has 1 amide bonds. The lowest BCUT2D eigenvalue weighted by Crippen LogP contribution is -2.49. The number of halogens is 1. The fourth-order valence-electron chi connectivity index (χ4n) is 5.24. The van der Waals surface area contributed by atoms with Crippen molar-refractivity contribution in [2.75, 3.05) is 59.0 Å². The van der Waals surface area contributed by atoms with E-state index in [2.05, 4.69) is 4.90 Å². The molecule has 8 nitrogen and oxygen atoms in total. The summed E-state index contributed by atoms with van der Waals surface area (Å²) in [6, 6.07) is 19.8. The molecule has 1 atom stereocenters. The highest BCUT2D eigenvalue weighted by Crippen LogP contribution is 2.39. The predicted molar refractivity (Wildman–Crippen MR) is 148 cm³/mol. The van der Waals surface area contributed by atoms with Crippen LogP contribution >= 0.6 is 0 Å². The monoisotopic (exact) mass is 532 g/mol. The number of carbonyl (C=O) groups is 1. The minimum Gasteiger partial charge on any atom is -0.497 e. The summed E-state index contributed by atoms with van der Waals surface area (Å²) >= 11 is 0. The maximum atomic E-state index is 14.3. The lowest BCUT2D eigenvalue weighted by molar-refractivity contribution is -0.134. The molecule has 2 aliphatic rings. The molecule has 0 saturated carbocycles. The zero-order valence-corrected chi connectivity index (χ0v) is 22.5. The smallest absolute Gasteiger partial charge is 0.257 e. The van der Waals surface area contributed by atoms with Crippen LogP contribution in [0.1, 0.15) is 23.6 Å². The number of hydrogen-bond donors (Lipinski definition) is 0. The van der Waals surface area contributed by atoms with Crippen molar-refractivity contribution in [2.24, 2.45) is 5.10 Å². The first-order valence-corrected chi connectivity index (χ1v) is 13.0. The molecule has 9 heteroatoms. The molecular weight excluding hydrogens is 499 g/mol. The van der Waals surface area contributed by atoms with Crippen molar-refractivity contribution in [3.05, 3.63) is 83.7 Å². The van der Waals surface area contributed by atoms with Gasteiger partial charge in [0.15, 0.2) is 0 Å². The molecule has 0 N–H and O–H groups in total. The largest absolute Gasteiger partial charge is 0.497 e. The highest BCUT2D eigenvalue weighted by atomic mass is 19.1. The van der Waals surface area contributed by atoms with Gasteiger partial charge < -0.3 is 19.1 Å². The summed E-state index contributed by atoms with van der Waals surface area (Å²) in [5.74, 6) is 1.68. The van der Waals surface area contributed by atoms with E-state index in [4.69, 9.17) is 19.3 Å². The first-order valence-electron chi connectivity index (χ1n) is 13.0. The van der Waals surface area contributed by atoms with Crippen molar-refractivity contribution in [3.63, 3.8) is 0 Å². The van der Waals surface area contributed by atoms with E-state index >= 15 is 0 Å². The van der Waals surface area contributed by atoms with Gasteiger partial charge in [-0.25, -0.2) is 9.40 Å². The molecule has 1 fully saturated rings. The standard InChI is InChI=1S/C30H33FN4O4/c1-37-21-12-13-22(29(18-21)39-3)25-19-27(23-8-4-7-11-28(23)38-2)35(32-25)30(36)20-33-14-16-34(17-15-33)26-10-6-5-9-24(26)31/h4-13,18,27H,14-17,19-20H2,1-3H3. The summed E-state index contributed by atoms with van der Waals surface area (Å²) in [4.78, 5) is 17.9. The van der Waals surface area contributed by atoms with Crippen LogP contribution in [-0.4, -0.2) is 75.6 Å². The van der Waals surface area contributed by atoms with E-state index in [-0.39, 0.29) is 24.3 Å². The fourth-order valence-corrected chi connectivity index (χ4v) is 5.24. The molecule has 0 aliphatic carbocycles. The quantitative estimate of drug-likeness (QED) is 0.430. The average molecular weight is 533 g/mol. The summed E-state index contributed by atoms with van der Waals surface area (Å²) in [6.07, 6.45) is 0.510. The van der Waals surface area contributed by atoms with E-state index in [0.29, 0.717) is 55.5 Å². The van der Waals surface area contributed by atoms with E-state index in [0.717, 1.165) is 16.8 Å². The highest BCUT2D eigenvalue weighted by molar-refractivity contribution is 6.05. The molecule has 39 heavy (non-hydrogen) atoms. The van der Waals surface area contributed by atoms with E-state index in [1.807, 2.05) is 53.4 Å².